The van der Waals surface area contributed by atoms with Crippen molar-refractivity contribution in [3.63, 3.8) is 0 Å². The monoisotopic (exact) mass is 529 g/mol. The molecule has 6 atom stereocenters. The molecule has 198 valence electrons. The quantitative estimate of drug-likeness (QED) is 0.264. The maximum atomic E-state index is 15.4. The number of aliphatic hydroxyl groups excluding tert-OH is 1. The summed E-state index contributed by atoms with van der Waals surface area (Å²) < 4.78 is 45.4. The molecule has 0 bridgehead atoms. The van der Waals surface area contributed by atoms with Gasteiger partial charge in [-0.2, -0.15) is 0 Å². The molecule has 1 aromatic heterocycles. The van der Waals surface area contributed by atoms with Crippen LogP contribution >= 0.6 is 8.18 Å². The van der Waals surface area contributed by atoms with Crippen LogP contribution in [0.1, 0.15) is 33.9 Å². The molecule has 0 aliphatic carbocycles. The Balaban J connectivity index is 1.79. The number of alkyl halides is 1. The number of H-pyrrole nitrogens is 1. The molecule has 0 amide bonds. The minimum absolute atomic E-state index is 0.255. The molecule has 36 heavy (non-hydrogen) atoms. The Morgan fingerprint density at radius 1 is 1.28 bits per heavy atom. The number of carbonyl (C=O) groups excluding carboxylic acids is 1. The van der Waals surface area contributed by atoms with E-state index in [1.165, 1.54) is 6.92 Å². The fourth-order valence-electron chi connectivity index (χ4n) is 3.50. The van der Waals surface area contributed by atoms with E-state index < -0.39 is 68.3 Å². The number of halogens is 1. The number of esters is 1. The maximum Gasteiger partial charge on any atom is 0.331 e. The summed E-state index contributed by atoms with van der Waals surface area (Å²) in [5.41, 5.74) is -4.08. The second-order valence-electron chi connectivity index (χ2n) is 8.60. The Morgan fingerprint density at radius 2 is 1.94 bits per heavy atom. The topological polar surface area (TPSA) is 149 Å². The van der Waals surface area contributed by atoms with Crippen molar-refractivity contribution in [2.24, 2.45) is 0 Å². The van der Waals surface area contributed by atoms with Gasteiger partial charge in [-0.15, -0.1) is 0 Å². The van der Waals surface area contributed by atoms with E-state index in [9.17, 15) is 24.1 Å². The average Bonchev–Trinajstić information content (AvgIpc) is 3.03. The van der Waals surface area contributed by atoms with E-state index in [2.05, 4.69) is 0 Å². The molecular weight excluding hydrogens is 500 g/mol. The lowest BCUT2D eigenvalue weighted by Gasteiger charge is -2.28. The normalized spacial score (nSPS) is 25.6. The molecule has 2 heterocycles. The molecular formula is C22H29FN3O9P. The Kier molecular flexibility index (Phi) is 8.85. The van der Waals surface area contributed by atoms with Gasteiger partial charge in [-0.05, 0) is 39.8 Å². The smallest absolute Gasteiger partial charge is 0.331 e. The van der Waals surface area contributed by atoms with Crippen LogP contribution in [0.15, 0.2) is 52.2 Å². The largest absolute Gasteiger partial charge is 0.462 e. The van der Waals surface area contributed by atoms with Crippen LogP contribution in [0.25, 0.3) is 0 Å². The Hall–Kier alpha value is -2.83. The number of para-hydroxylation sites is 1. The number of aromatic nitrogens is 2. The highest BCUT2D eigenvalue weighted by Gasteiger charge is 2.55. The van der Waals surface area contributed by atoms with E-state index >= 15 is 4.39 Å². The van der Waals surface area contributed by atoms with E-state index in [1.807, 2.05) is 4.98 Å². The molecule has 1 aromatic carbocycles. The number of hydrogen-bond acceptors (Lipinski definition) is 9. The van der Waals surface area contributed by atoms with E-state index in [0.717, 1.165) is 28.6 Å². The summed E-state index contributed by atoms with van der Waals surface area (Å²) in [6, 6.07) is 7.98. The summed E-state index contributed by atoms with van der Waals surface area (Å²) in [4.78, 5) is 44.3. The van der Waals surface area contributed by atoms with Crippen LogP contribution in [0.3, 0.4) is 0 Å². The van der Waals surface area contributed by atoms with Gasteiger partial charge in [0.05, 0.1) is 12.7 Å². The summed E-state index contributed by atoms with van der Waals surface area (Å²) in [5, 5.41) is 10.6. The van der Waals surface area contributed by atoms with Crippen molar-refractivity contribution in [2.75, 3.05) is 6.61 Å². The van der Waals surface area contributed by atoms with Crippen molar-refractivity contribution in [1.29, 1.82) is 0 Å². The number of aromatic amines is 1. The molecule has 14 heteroatoms. The number of hydroxylamine groups is 1. The van der Waals surface area contributed by atoms with Crippen LogP contribution in [-0.4, -0.2) is 62.1 Å². The Labute approximate surface area is 206 Å². The van der Waals surface area contributed by atoms with Gasteiger partial charge in [0.25, 0.3) is 5.56 Å². The first-order valence-corrected chi connectivity index (χ1v) is 12.4. The fraction of sp³-hybridized carbons (Fsp3) is 0.500. The molecule has 0 saturated carbocycles. The van der Waals surface area contributed by atoms with Gasteiger partial charge in [0.15, 0.2) is 11.9 Å². The number of nitrogens with zero attached hydrogens (tertiary/aromatic N) is 2. The highest BCUT2D eigenvalue weighted by molar-refractivity contribution is 7.36. The fourth-order valence-corrected chi connectivity index (χ4v) is 4.53. The third-order valence-corrected chi connectivity index (χ3v) is 6.66. The number of hydrogen-bond donors (Lipinski definition) is 2. The van der Waals surface area contributed by atoms with Crippen LogP contribution in [0, 0.1) is 0 Å². The zero-order chi connectivity index (χ0) is 26.6. The first kappa shape index (κ1) is 27.8. The van der Waals surface area contributed by atoms with Gasteiger partial charge in [0, 0.05) is 12.3 Å². The maximum absolute atomic E-state index is 15.4. The van der Waals surface area contributed by atoms with Gasteiger partial charge in [-0.25, -0.2) is 9.18 Å². The number of carbonyl (C=O) groups is 1. The zero-order valence-corrected chi connectivity index (χ0v) is 21.1. The van der Waals surface area contributed by atoms with Crippen molar-refractivity contribution in [3.05, 3.63) is 63.4 Å². The standard InChI is InChI=1S/C22H29FN3O9P/c1-13(2)33-19(29)14(3)26(36(31)35-15-8-6-5-7-9-15)32-12-16-18(28)22(4,23)20(34-16)25-11-10-17(27)24-21(25)30/h5-11,13-14,16,18,20,28,36H,12H2,1-4H3,(H,24,27,30)/t14-,16?,18?,20+,22+/m0/s1. The van der Waals surface area contributed by atoms with Crippen molar-refractivity contribution < 1.29 is 37.7 Å². The minimum Gasteiger partial charge on any atom is -0.462 e. The first-order valence-electron chi connectivity index (χ1n) is 11.1. The Bertz CT molecular complexity index is 1190. The number of aliphatic hydroxyl groups is 1. The highest BCUT2D eigenvalue weighted by atomic mass is 31.1. The second-order valence-corrected chi connectivity index (χ2v) is 9.78. The lowest BCUT2D eigenvalue weighted by atomic mass is 9.98. The highest BCUT2D eigenvalue weighted by Crippen LogP contribution is 2.41. The van der Waals surface area contributed by atoms with E-state index in [-0.39, 0.29) is 5.75 Å². The van der Waals surface area contributed by atoms with Gasteiger partial charge in [-0.3, -0.25) is 28.5 Å². The predicted molar refractivity (Wildman–Crippen MR) is 125 cm³/mol. The zero-order valence-electron chi connectivity index (χ0n) is 20.1. The third-order valence-electron chi connectivity index (χ3n) is 5.37. The van der Waals surface area contributed by atoms with Gasteiger partial charge in [0.2, 0.25) is 0 Å². The number of benzene rings is 1. The van der Waals surface area contributed by atoms with Gasteiger partial charge >= 0.3 is 19.8 Å². The molecule has 1 fully saturated rings. The molecule has 12 nitrogen and oxygen atoms in total. The van der Waals surface area contributed by atoms with Crippen LogP contribution in [0.4, 0.5) is 4.39 Å². The lowest BCUT2D eigenvalue weighted by Crippen LogP contribution is -2.44. The molecule has 3 rings (SSSR count). The molecule has 2 aromatic rings. The van der Waals surface area contributed by atoms with Gasteiger partial charge in [-0.1, -0.05) is 23.0 Å². The lowest BCUT2D eigenvalue weighted by molar-refractivity contribution is -0.183. The summed E-state index contributed by atoms with van der Waals surface area (Å²) in [6.07, 6.45) is -4.13. The molecule has 1 aliphatic rings. The molecule has 0 radical (unpaired) electrons. The van der Waals surface area contributed by atoms with Crippen LogP contribution in [0.2, 0.25) is 0 Å². The van der Waals surface area contributed by atoms with Crippen LogP contribution < -0.4 is 15.8 Å². The molecule has 1 aliphatic heterocycles. The van der Waals surface area contributed by atoms with E-state index in [4.69, 9.17) is 18.8 Å². The van der Waals surface area contributed by atoms with E-state index in [0.29, 0.717) is 0 Å². The number of ether oxygens (including phenoxy) is 2. The SMILES string of the molecule is CC(C)OC(=O)[C@H](C)N(OCC1O[C@@H](n2ccc(=O)[nH]c2=O)[C@](C)(F)C1O)[PH](=O)Oc1ccccc1. The molecule has 0 spiro atoms. The number of nitrogens with one attached hydrogen (secondary N) is 1. The van der Waals surface area contributed by atoms with Gasteiger partial charge in [0.1, 0.15) is 24.0 Å². The minimum atomic E-state index is -3.24. The second kappa shape index (κ2) is 11.5. The Morgan fingerprint density at radius 3 is 2.56 bits per heavy atom. The summed E-state index contributed by atoms with van der Waals surface area (Å²) >= 11 is 0. The van der Waals surface area contributed by atoms with Gasteiger partial charge < -0.3 is 19.1 Å². The molecule has 2 N–H and O–H groups in total. The van der Waals surface area contributed by atoms with Crippen LogP contribution in [0.5, 0.6) is 5.75 Å². The average molecular weight is 529 g/mol. The van der Waals surface area contributed by atoms with E-state index in [1.54, 1.807) is 44.2 Å². The first-order chi connectivity index (χ1) is 16.9. The van der Waals surface area contributed by atoms with Crippen LogP contribution in [-0.2, 0) is 23.7 Å². The molecule has 3 unspecified atom stereocenters. The van der Waals surface area contributed by atoms with Crippen molar-refractivity contribution in [1.82, 2.24) is 14.4 Å². The molecule has 1 saturated heterocycles. The summed E-state index contributed by atoms with van der Waals surface area (Å²) in [5.74, 6) is -0.494. The summed E-state index contributed by atoms with van der Waals surface area (Å²) in [6.45, 7) is 5.15. The third kappa shape index (κ3) is 6.29. The van der Waals surface area contributed by atoms with Crippen molar-refractivity contribution >= 4 is 14.1 Å². The predicted octanol–water partition coefficient (Wildman–Crippen LogP) is 1.57. The summed E-state index contributed by atoms with van der Waals surface area (Å²) in [7, 11) is -3.24. The number of rotatable bonds is 10. The van der Waals surface area contributed by atoms with Crippen molar-refractivity contribution in [2.45, 2.75) is 63.9 Å². The van der Waals surface area contributed by atoms with Crippen molar-refractivity contribution in [3.8, 4) is 5.75 Å².